The predicted octanol–water partition coefficient (Wildman–Crippen LogP) is 4.20. The molecule has 29 heavy (non-hydrogen) atoms. The van der Waals surface area contributed by atoms with Gasteiger partial charge < -0.3 is 9.64 Å². The van der Waals surface area contributed by atoms with Crippen LogP contribution in [0.4, 0.5) is 5.69 Å². The van der Waals surface area contributed by atoms with Crippen molar-refractivity contribution in [1.29, 1.82) is 0 Å². The van der Waals surface area contributed by atoms with Crippen molar-refractivity contribution in [2.45, 2.75) is 45.6 Å². The van der Waals surface area contributed by atoms with Gasteiger partial charge in [0.25, 0.3) is 0 Å². The first-order valence-corrected chi connectivity index (χ1v) is 10.2. The lowest BCUT2D eigenvalue weighted by Gasteiger charge is -2.18. The zero-order chi connectivity index (χ0) is 20.8. The van der Waals surface area contributed by atoms with E-state index < -0.39 is 18.0 Å². The fourth-order valence-electron chi connectivity index (χ4n) is 3.50. The number of aryl methyl sites for hydroxylation is 1. The molecule has 1 fully saturated rings. The van der Waals surface area contributed by atoms with E-state index in [0.717, 1.165) is 24.9 Å². The molecule has 1 saturated heterocycles. The zero-order valence-electron chi connectivity index (χ0n) is 17.0. The van der Waals surface area contributed by atoms with Crippen LogP contribution >= 0.6 is 0 Å². The second-order valence-corrected chi connectivity index (χ2v) is 7.48. The van der Waals surface area contributed by atoms with E-state index in [9.17, 15) is 14.4 Å². The monoisotopic (exact) mass is 393 g/mol. The number of amides is 1. The average Bonchev–Trinajstić information content (AvgIpc) is 3.14. The van der Waals surface area contributed by atoms with Gasteiger partial charge in [0, 0.05) is 24.2 Å². The molecular weight excluding hydrogens is 366 g/mol. The summed E-state index contributed by atoms with van der Waals surface area (Å²) < 4.78 is 5.38. The van der Waals surface area contributed by atoms with Crippen molar-refractivity contribution >= 4 is 23.3 Å². The summed E-state index contributed by atoms with van der Waals surface area (Å²) in [7, 11) is 0. The molecule has 1 aliphatic heterocycles. The molecule has 0 radical (unpaired) electrons. The molecule has 2 aromatic carbocycles. The van der Waals surface area contributed by atoms with Gasteiger partial charge in [-0.25, -0.2) is 0 Å². The minimum Gasteiger partial charge on any atom is -0.454 e. The number of esters is 1. The first-order valence-electron chi connectivity index (χ1n) is 10.2. The third-order valence-corrected chi connectivity index (χ3v) is 5.25. The highest BCUT2D eigenvalue weighted by Gasteiger charge is 2.37. The molecule has 1 amide bonds. The highest BCUT2D eigenvalue weighted by atomic mass is 16.5. The minimum atomic E-state index is -0.882. The molecule has 0 saturated carbocycles. The summed E-state index contributed by atoms with van der Waals surface area (Å²) in [5.74, 6) is -1.41. The third-order valence-electron chi connectivity index (χ3n) is 5.25. The Balaban J connectivity index is 1.59. The number of carbonyl (C=O) groups is 3. The van der Waals surface area contributed by atoms with Crippen molar-refractivity contribution < 1.29 is 19.1 Å². The number of hydrogen-bond donors (Lipinski definition) is 0. The van der Waals surface area contributed by atoms with Crippen molar-refractivity contribution in [3.8, 4) is 0 Å². The number of anilines is 1. The second kappa shape index (κ2) is 9.50. The van der Waals surface area contributed by atoms with Crippen LogP contribution in [0, 0.1) is 5.92 Å². The maximum Gasteiger partial charge on any atom is 0.312 e. The highest BCUT2D eigenvalue weighted by Crippen LogP contribution is 2.27. The molecule has 152 valence electrons. The number of benzene rings is 2. The lowest BCUT2D eigenvalue weighted by molar-refractivity contribution is -0.151. The first-order chi connectivity index (χ1) is 14.0. The van der Waals surface area contributed by atoms with Crippen molar-refractivity contribution in [1.82, 2.24) is 0 Å². The van der Waals surface area contributed by atoms with Gasteiger partial charge in [0.1, 0.15) is 0 Å². The standard InChI is InChI=1S/C24H27NO4/c1-3-4-8-18-11-13-21(14-12-18)25-16-20(15-22(25)26)24(28)29-17(2)23(27)19-9-6-5-7-10-19/h5-7,9-14,17,20H,3-4,8,15-16H2,1-2H3/t17-,20-/m1/s1. The predicted molar refractivity (Wildman–Crippen MR) is 112 cm³/mol. The Morgan fingerprint density at radius 3 is 2.45 bits per heavy atom. The summed E-state index contributed by atoms with van der Waals surface area (Å²) in [6, 6.07) is 16.7. The Morgan fingerprint density at radius 2 is 1.79 bits per heavy atom. The van der Waals surface area contributed by atoms with Crippen molar-refractivity contribution in [3.05, 3.63) is 65.7 Å². The molecule has 0 spiro atoms. The van der Waals surface area contributed by atoms with E-state index in [4.69, 9.17) is 4.74 Å². The average molecular weight is 393 g/mol. The van der Waals surface area contributed by atoms with Gasteiger partial charge in [0.05, 0.1) is 5.92 Å². The third kappa shape index (κ3) is 5.11. The van der Waals surface area contributed by atoms with Crippen LogP contribution < -0.4 is 4.90 Å². The molecule has 0 unspecified atom stereocenters. The second-order valence-electron chi connectivity index (χ2n) is 7.48. The zero-order valence-corrected chi connectivity index (χ0v) is 17.0. The summed E-state index contributed by atoms with van der Waals surface area (Å²) in [6.45, 7) is 4.00. The van der Waals surface area contributed by atoms with Gasteiger partial charge in [0.15, 0.2) is 6.10 Å². The van der Waals surface area contributed by atoms with Gasteiger partial charge in [0.2, 0.25) is 11.7 Å². The Labute approximate surface area is 171 Å². The van der Waals surface area contributed by atoms with Crippen LogP contribution in [0.15, 0.2) is 54.6 Å². The summed E-state index contributed by atoms with van der Waals surface area (Å²) in [6.07, 6.45) is 2.51. The number of nitrogens with zero attached hydrogens (tertiary/aromatic N) is 1. The molecule has 0 N–H and O–H groups in total. The molecule has 0 aromatic heterocycles. The molecule has 1 heterocycles. The molecule has 2 aromatic rings. The van der Waals surface area contributed by atoms with Gasteiger partial charge in [-0.05, 0) is 37.5 Å². The molecular formula is C24H27NO4. The number of ether oxygens (including phenoxy) is 1. The van der Waals surface area contributed by atoms with Crippen LogP contribution in [0.5, 0.6) is 0 Å². The summed E-state index contributed by atoms with van der Waals surface area (Å²) in [5, 5.41) is 0. The Hall–Kier alpha value is -2.95. The molecule has 3 rings (SSSR count). The van der Waals surface area contributed by atoms with Gasteiger partial charge in [-0.2, -0.15) is 0 Å². The van der Waals surface area contributed by atoms with E-state index >= 15 is 0 Å². The smallest absolute Gasteiger partial charge is 0.312 e. The maximum absolute atomic E-state index is 12.5. The van der Waals surface area contributed by atoms with Gasteiger partial charge in [-0.3, -0.25) is 14.4 Å². The first kappa shape index (κ1) is 20.8. The van der Waals surface area contributed by atoms with Crippen LogP contribution in [-0.2, 0) is 20.7 Å². The molecule has 0 aliphatic carbocycles. The van der Waals surface area contributed by atoms with Crippen LogP contribution in [0.2, 0.25) is 0 Å². The summed E-state index contributed by atoms with van der Waals surface area (Å²) in [4.78, 5) is 39.0. The normalized spacial score (nSPS) is 17.2. The van der Waals surface area contributed by atoms with E-state index in [1.807, 2.05) is 30.3 Å². The number of unbranched alkanes of at least 4 members (excludes halogenated alkanes) is 1. The molecule has 0 bridgehead atoms. The van der Waals surface area contributed by atoms with E-state index in [0.29, 0.717) is 5.56 Å². The molecule has 1 aliphatic rings. The van der Waals surface area contributed by atoms with Crippen LogP contribution in [0.1, 0.15) is 49.0 Å². The lowest BCUT2D eigenvalue weighted by Crippen LogP contribution is -2.30. The number of ketones is 1. The van der Waals surface area contributed by atoms with Crippen LogP contribution in [0.25, 0.3) is 0 Å². The van der Waals surface area contributed by atoms with Crippen molar-refractivity contribution in [2.24, 2.45) is 5.92 Å². The minimum absolute atomic E-state index is 0.0999. The van der Waals surface area contributed by atoms with E-state index in [1.165, 1.54) is 5.56 Å². The van der Waals surface area contributed by atoms with Crippen LogP contribution in [-0.4, -0.2) is 30.3 Å². The number of hydrogen-bond acceptors (Lipinski definition) is 4. The number of Topliss-reactive ketones (excluding diaryl/α,β-unsaturated/α-hetero) is 1. The van der Waals surface area contributed by atoms with Crippen LogP contribution in [0.3, 0.4) is 0 Å². The van der Waals surface area contributed by atoms with Gasteiger partial charge in [-0.1, -0.05) is 55.8 Å². The SMILES string of the molecule is CCCCc1ccc(N2C[C@H](C(=O)O[C@H](C)C(=O)c3ccccc3)CC2=O)cc1. The maximum atomic E-state index is 12.5. The summed E-state index contributed by atoms with van der Waals surface area (Å²) in [5.41, 5.74) is 2.53. The fraction of sp³-hybridized carbons (Fsp3) is 0.375. The quantitative estimate of drug-likeness (QED) is 0.498. The Bertz CT molecular complexity index is 860. The molecule has 5 heteroatoms. The largest absolute Gasteiger partial charge is 0.454 e. The van der Waals surface area contributed by atoms with Crippen molar-refractivity contribution in [2.75, 3.05) is 11.4 Å². The topological polar surface area (TPSA) is 63.7 Å². The lowest BCUT2D eigenvalue weighted by atomic mass is 10.1. The molecule has 5 nitrogen and oxygen atoms in total. The Kier molecular flexibility index (Phi) is 6.81. The van der Waals surface area contributed by atoms with E-state index in [-0.39, 0.29) is 24.7 Å². The number of carbonyl (C=O) groups excluding carboxylic acids is 3. The highest BCUT2D eigenvalue weighted by molar-refractivity contribution is 6.02. The van der Waals surface area contributed by atoms with Gasteiger partial charge >= 0.3 is 5.97 Å². The van der Waals surface area contributed by atoms with E-state index in [2.05, 4.69) is 6.92 Å². The van der Waals surface area contributed by atoms with E-state index in [1.54, 1.807) is 36.1 Å². The Morgan fingerprint density at radius 1 is 1.10 bits per heavy atom. The summed E-state index contributed by atoms with van der Waals surface area (Å²) >= 11 is 0. The van der Waals surface area contributed by atoms with Crippen molar-refractivity contribution in [3.63, 3.8) is 0 Å². The van der Waals surface area contributed by atoms with Gasteiger partial charge in [-0.15, -0.1) is 0 Å². The molecule has 2 atom stereocenters. The number of rotatable bonds is 8. The fourth-order valence-corrected chi connectivity index (χ4v) is 3.50.